The molecule has 33 heavy (non-hydrogen) atoms. The van der Waals surface area contributed by atoms with E-state index in [1.54, 1.807) is 24.3 Å². The summed E-state index contributed by atoms with van der Waals surface area (Å²) in [7, 11) is -7.26. The molecule has 9 heteroatoms. The highest BCUT2D eigenvalue weighted by atomic mass is 32.2. The van der Waals surface area contributed by atoms with Crippen LogP contribution in [0.25, 0.3) is 0 Å². The first-order valence-corrected chi connectivity index (χ1v) is 14.8. The van der Waals surface area contributed by atoms with Crippen molar-refractivity contribution < 1.29 is 21.6 Å². The van der Waals surface area contributed by atoms with E-state index in [2.05, 4.69) is 22.3 Å². The normalized spacial score (nSPS) is 24.5. The fourth-order valence-corrected chi connectivity index (χ4v) is 9.40. The summed E-state index contributed by atoms with van der Waals surface area (Å²) in [6, 6.07) is 16.2. The second-order valence-electron chi connectivity index (χ2n) is 8.75. The molecule has 3 atom stereocenters. The lowest BCUT2D eigenvalue weighted by molar-refractivity contribution is 0.0158. The van der Waals surface area contributed by atoms with Crippen molar-refractivity contribution in [3.05, 3.63) is 65.7 Å². The van der Waals surface area contributed by atoms with Crippen LogP contribution in [0.2, 0.25) is 0 Å². The van der Waals surface area contributed by atoms with Gasteiger partial charge in [0.25, 0.3) is 0 Å². The van der Waals surface area contributed by atoms with E-state index >= 15 is 0 Å². The lowest BCUT2D eigenvalue weighted by Crippen LogP contribution is -2.48. The number of nitrogens with zero attached hydrogens (tertiary/aromatic N) is 1. The highest BCUT2D eigenvalue weighted by molar-refractivity contribution is 7.96. The zero-order valence-corrected chi connectivity index (χ0v) is 20.5. The van der Waals surface area contributed by atoms with Crippen LogP contribution in [0.4, 0.5) is 0 Å². The number of ether oxygens (including phenoxy) is 1. The summed E-state index contributed by atoms with van der Waals surface area (Å²) in [5.74, 6) is -0.523. The van der Waals surface area contributed by atoms with Gasteiger partial charge in [0.1, 0.15) is 0 Å². The molecule has 0 spiro atoms. The number of hydrogen-bond acceptors (Lipinski definition) is 7. The molecule has 0 aromatic heterocycles. The van der Waals surface area contributed by atoms with Crippen LogP contribution in [0.5, 0.6) is 0 Å². The summed E-state index contributed by atoms with van der Waals surface area (Å²) in [6.07, 6.45) is 0.810. The lowest BCUT2D eigenvalue weighted by Gasteiger charge is -2.36. The molecule has 0 radical (unpaired) electrons. The molecule has 2 aliphatic heterocycles. The van der Waals surface area contributed by atoms with E-state index in [1.165, 1.54) is 0 Å². The van der Waals surface area contributed by atoms with Crippen LogP contribution in [0.15, 0.2) is 59.5 Å². The van der Waals surface area contributed by atoms with Crippen molar-refractivity contribution in [1.29, 1.82) is 0 Å². The predicted molar refractivity (Wildman–Crippen MR) is 129 cm³/mol. The molecule has 2 aromatic rings. The van der Waals surface area contributed by atoms with Gasteiger partial charge in [0.2, 0.25) is 0 Å². The molecular formula is C24H32N2O5S2. The van der Waals surface area contributed by atoms with Crippen molar-refractivity contribution in [3.8, 4) is 0 Å². The summed E-state index contributed by atoms with van der Waals surface area (Å²) in [5, 5.41) is 2.34. The summed E-state index contributed by atoms with van der Waals surface area (Å²) < 4.78 is 57.4. The highest BCUT2D eigenvalue weighted by Crippen LogP contribution is 2.28. The van der Waals surface area contributed by atoms with E-state index in [-0.39, 0.29) is 22.4 Å². The number of benzene rings is 2. The fraction of sp³-hybridized carbons (Fsp3) is 0.500. The van der Waals surface area contributed by atoms with Crippen LogP contribution < -0.4 is 5.32 Å². The van der Waals surface area contributed by atoms with Gasteiger partial charge >= 0.3 is 0 Å². The maximum atomic E-state index is 13.4. The second-order valence-corrected chi connectivity index (χ2v) is 13.1. The monoisotopic (exact) mass is 492 g/mol. The number of morpholine rings is 1. The molecule has 7 nitrogen and oxygen atoms in total. The molecule has 2 aromatic carbocycles. The van der Waals surface area contributed by atoms with E-state index in [4.69, 9.17) is 4.74 Å². The minimum absolute atomic E-state index is 0.00518. The standard InChI is InChI=1S/C24H32N2O5S2/c1-2-19-8-10-21(11-9-19)33(29,30)24-18-32(27,28)17-22(24)25-16-23(20-6-4-3-5-7-20)26-12-14-31-15-13-26/h3-11,22-25H,2,12-18H2,1H3/t22-,23?,24-/m0/s1. The number of sulfone groups is 2. The second kappa shape index (κ2) is 10.2. The Labute approximate surface area is 197 Å². The minimum Gasteiger partial charge on any atom is -0.379 e. The van der Waals surface area contributed by atoms with E-state index < -0.39 is 31.0 Å². The Bertz CT molecular complexity index is 1130. The highest BCUT2D eigenvalue weighted by Gasteiger charge is 2.46. The third-order valence-corrected chi connectivity index (χ3v) is 10.8. The predicted octanol–water partition coefficient (Wildman–Crippen LogP) is 1.85. The molecule has 2 aliphatic rings. The molecule has 0 saturated carbocycles. The quantitative estimate of drug-likeness (QED) is 0.601. The molecule has 1 N–H and O–H groups in total. The lowest BCUT2D eigenvalue weighted by atomic mass is 10.0. The van der Waals surface area contributed by atoms with Gasteiger partial charge in [0.15, 0.2) is 19.7 Å². The van der Waals surface area contributed by atoms with Crippen LogP contribution >= 0.6 is 0 Å². The van der Waals surface area contributed by atoms with Gasteiger partial charge < -0.3 is 10.1 Å². The van der Waals surface area contributed by atoms with Crippen LogP contribution in [0.3, 0.4) is 0 Å². The van der Waals surface area contributed by atoms with Gasteiger partial charge in [-0.2, -0.15) is 0 Å². The fourth-order valence-electron chi connectivity index (χ4n) is 4.69. The Morgan fingerprint density at radius 2 is 1.70 bits per heavy atom. The molecule has 180 valence electrons. The van der Waals surface area contributed by atoms with Gasteiger partial charge in [-0.05, 0) is 29.7 Å². The number of hydrogen-bond donors (Lipinski definition) is 1. The molecule has 1 unspecified atom stereocenters. The summed E-state index contributed by atoms with van der Waals surface area (Å²) in [5.41, 5.74) is 2.15. The molecular weight excluding hydrogens is 460 g/mol. The van der Waals surface area contributed by atoms with E-state index in [9.17, 15) is 16.8 Å². The van der Waals surface area contributed by atoms with Crippen molar-refractivity contribution in [2.24, 2.45) is 0 Å². The maximum absolute atomic E-state index is 13.4. The number of nitrogens with one attached hydrogen (secondary N) is 1. The van der Waals surface area contributed by atoms with E-state index in [1.807, 2.05) is 25.1 Å². The largest absolute Gasteiger partial charge is 0.379 e. The van der Waals surface area contributed by atoms with Gasteiger partial charge in [-0.25, -0.2) is 16.8 Å². The number of rotatable bonds is 8. The third-order valence-electron chi connectivity index (χ3n) is 6.60. The molecule has 2 heterocycles. The van der Waals surface area contributed by atoms with Crippen molar-refractivity contribution >= 4 is 19.7 Å². The Kier molecular flexibility index (Phi) is 7.55. The van der Waals surface area contributed by atoms with Crippen LogP contribution in [-0.2, 0) is 30.8 Å². The molecule has 0 aliphatic carbocycles. The smallest absolute Gasteiger partial charge is 0.183 e. The van der Waals surface area contributed by atoms with Crippen LogP contribution in [0, 0.1) is 0 Å². The van der Waals surface area contributed by atoms with E-state index in [0.29, 0.717) is 19.8 Å². The molecule has 4 rings (SSSR count). The summed E-state index contributed by atoms with van der Waals surface area (Å²) in [4.78, 5) is 2.49. The van der Waals surface area contributed by atoms with Crippen molar-refractivity contribution in [3.63, 3.8) is 0 Å². The molecule has 0 amide bonds. The average molecular weight is 493 g/mol. The maximum Gasteiger partial charge on any atom is 0.183 e. The first-order chi connectivity index (χ1) is 15.8. The first kappa shape index (κ1) is 24.3. The van der Waals surface area contributed by atoms with Gasteiger partial charge in [-0.15, -0.1) is 0 Å². The van der Waals surface area contributed by atoms with E-state index in [0.717, 1.165) is 30.6 Å². The van der Waals surface area contributed by atoms with Crippen LogP contribution in [-0.4, -0.2) is 77.4 Å². The molecule has 2 saturated heterocycles. The van der Waals surface area contributed by atoms with Gasteiger partial charge in [-0.3, -0.25) is 4.90 Å². The first-order valence-electron chi connectivity index (χ1n) is 11.4. The van der Waals surface area contributed by atoms with Crippen LogP contribution in [0.1, 0.15) is 24.1 Å². The Morgan fingerprint density at radius 3 is 2.33 bits per heavy atom. The summed E-state index contributed by atoms with van der Waals surface area (Å²) >= 11 is 0. The minimum atomic E-state index is -3.80. The topological polar surface area (TPSA) is 92.8 Å². The van der Waals surface area contributed by atoms with Crippen molar-refractivity contribution in [2.75, 3.05) is 44.4 Å². The average Bonchev–Trinajstić information content (AvgIpc) is 3.16. The van der Waals surface area contributed by atoms with Gasteiger partial charge in [0.05, 0.1) is 34.9 Å². The Morgan fingerprint density at radius 1 is 1.03 bits per heavy atom. The molecule has 2 fully saturated rings. The van der Waals surface area contributed by atoms with Crippen molar-refractivity contribution in [1.82, 2.24) is 10.2 Å². The van der Waals surface area contributed by atoms with Gasteiger partial charge in [-0.1, -0.05) is 49.4 Å². The zero-order chi connectivity index (χ0) is 23.5. The Hall–Kier alpha value is -1.78. The SMILES string of the molecule is CCc1ccc(S(=O)(=O)[C@H]2CS(=O)(=O)C[C@@H]2NCC(c2ccccc2)N2CCOCC2)cc1. The molecule has 0 bridgehead atoms. The Balaban J connectivity index is 1.56. The summed E-state index contributed by atoms with van der Waals surface area (Å²) in [6.45, 7) is 5.30. The van der Waals surface area contributed by atoms with Gasteiger partial charge in [0, 0.05) is 31.7 Å². The zero-order valence-electron chi connectivity index (χ0n) is 18.9. The van der Waals surface area contributed by atoms with Crippen molar-refractivity contribution in [2.45, 2.75) is 35.6 Å². The number of aryl methyl sites for hydroxylation is 1. The third kappa shape index (κ3) is 5.66.